The first-order chi connectivity index (χ1) is 14.3. The van der Waals surface area contributed by atoms with Crippen LogP contribution in [0.1, 0.15) is 0 Å². The third kappa shape index (κ3) is 5.58. The summed E-state index contributed by atoms with van der Waals surface area (Å²) >= 11 is 0. The fraction of sp³-hybridized carbons (Fsp3) is 0.263. The van der Waals surface area contributed by atoms with Crippen LogP contribution < -0.4 is 10.5 Å². The molecule has 1 aromatic heterocycles. The Kier molecular flexibility index (Phi) is 5.74. The van der Waals surface area contributed by atoms with Gasteiger partial charge in [-0.15, -0.1) is 13.2 Å². The van der Waals surface area contributed by atoms with Gasteiger partial charge in [-0.25, -0.2) is 4.79 Å². The van der Waals surface area contributed by atoms with E-state index < -0.39 is 43.0 Å². The number of amides is 1. The summed E-state index contributed by atoms with van der Waals surface area (Å²) in [6.07, 6.45) is -9.43. The third-order valence-electron chi connectivity index (χ3n) is 4.22. The molecule has 12 heteroatoms. The lowest BCUT2D eigenvalue weighted by atomic mass is 10.1. The van der Waals surface area contributed by atoms with Crippen molar-refractivity contribution in [3.63, 3.8) is 0 Å². The smallest absolute Gasteiger partial charge is 0.408 e. The summed E-state index contributed by atoms with van der Waals surface area (Å²) < 4.78 is 84.0. The van der Waals surface area contributed by atoms with Crippen LogP contribution in [0, 0.1) is 0 Å². The van der Waals surface area contributed by atoms with Crippen LogP contribution >= 0.6 is 0 Å². The number of carbonyl (C=O) groups is 1. The number of hydrogen-bond donors (Lipinski definition) is 0. The van der Waals surface area contributed by atoms with Crippen LogP contribution in [-0.2, 0) is 11.3 Å². The van der Waals surface area contributed by atoms with Crippen molar-refractivity contribution in [2.75, 3.05) is 13.6 Å². The lowest BCUT2D eigenvalue weighted by molar-refractivity contribution is -0.274. The highest BCUT2D eigenvalue weighted by Crippen LogP contribution is 2.28. The molecule has 0 aliphatic carbocycles. The van der Waals surface area contributed by atoms with Gasteiger partial charge in [-0.2, -0.15) is 13.2 Å². The van der Waals surface area contributed by atoms with E-state index in [1.165, 1.54) is 30.3 Å². The summed E-state index contributed by atoms with van der Waals surface area (Å²) in [5.74, 6) is -2.31. The van der Waals surface area contributed by atoms with Crippen molar-refractivity contribution < 1.29 is 40.3 Å². The monoisotopic (exact) mass is 448 g/mol. The van der Waals surface area contributed by atoms with Gasteiger partial charge in [0.15, 0.2) is 5.58 Å². The summed E-state index contributed by atoms with van der Waals surface area (Å²) in [5.41, 5.74) is 1.18. The Morgan fingerprint density at radius 1 is 1.03 bits per heavy atom. The van der Waals surface area contributed by atoms with Crippen molar-refractivity contribution >= 4 is 17.0 Å². The van der Waals surface area contributed by atoms with Crippen LogP contribution in [0.4, 0.5) is 26.3 Å². The number of alkyl halides is 6. The van der Waals surface area contributed by atoms with Gasteiger partial charge in [0.25, 0.3) is 0 Å². The molecule has 2 aromatic carbocycles. The van der Waals surface area contributed by atoms with Crippen molar-refractivity contribution in [2.45, 2.75) is 19.1 Å². The average Bonchev–Trinajstić information content (AvgIpc) is 2.94. The third-order valence-corrected chi connectivity index (χ3v) is 4.22. The molecule has 31 heavy (non-hydrogen) atoms. The Labute approximate surface area is 170 Å². The molecule has 0 N–H and O–H groups in total. The zero-order chi connectivity index (χ0) is 23.0. The summed E-state index contributed by atoms with van der Waals surface area (Å²) in [5, 5.41) is 0. The van der Waals surface area contributed by atoms with Gasteiger partial charge in [-0.1, -0.05) is 18.2 Å². The highest BCUT2D eigenvalue weighted by molar-refractivity contribution is 5.83. The largest absolute Gasteiger partial charge is 0.573 e. The molecule has 6 nitrogen and oxygen atoms in total. The first-order valence-corrected chi connectivity index (χ1v) is 8.63. The highest BCUT2D eigenvalue weighted by atomic mass is 19.4. The average molecular weight is 448 g/mol. The molecule has 1 heterocycles. The zero-order valence-electron chi connectivity index (χ0n) is 15.8. The summed E-state index contributed by atoms with van der Waals surface area (Å²) in [7, 11) is 0.957. The Hall–Kier alpha value is -3.44. The maximum Gasteiger partial charge on any atom is 0.573 e. The fourth-order valence-corrected chi connectivity index (χ4v) is 2.85. The normalized spacial score (nSPS) is 12.2. The number of oxazole rings is 1. The number of fused-ring (bicyclic) bond motifs is 1. The standard InChI is InChI=1S/C19H14F6N2O4/c1-26(10-18(20,21)22)16(28)9-27-14-8-12(4-7-15(14)30-17(27)29)11-2-5-13(6-3-11)31-19(23,24)25/h2-8H,9-10H2,1H3. The van der Waals surface area contributed by atoms with Crippen LogP contribution in [-0.4, -0.2) is 41.5 Å². The van der Waals surface area contributed by atoms with E-state index in [0.717, 1.165) is 23.7 Å². The second-order valence-electron chi connectivity index (χ2n) is 6.57. The molecule has 1 amide bonds. The van der Waals surface area contributed by atoms with Gasteiger partial charge in [0, 0.05) is 7.05 Å². The lowest BCUT2D eigenvalue weighted by Gasteiger charge is -2.18. The topological polar surface area (TPSA) is 64.7 Å². The molecule has 3 aromatic rings. The number of benzene rings is 2. The maximum atomic E-state index is 12.5. The Morgan fingerprint density at radius 3 is 2.23 bits per heavy atom. The number of nitrogens with zero attached hydrogens (tertiary/aromatic N) is 2. The number of carbonyl (C=O) groups excluding carboxylic acids is 1. The summed E-state index contributed by atoms with van der Waals surface area (Å²) in [6, 6.07) is 9.30. The second kappa shape index (κ2) is 8.00. The predicted octanol–water partition coefficient (Wildman–Crippen LogP) is 4.18. The Bertz CT molecular complexity index is 1150. The fourth-order valence-electron chi connectivity index (χ4n) is 2.85. The van der Waals surface area contributed by atoms with E-state index >= 15 is 0 Å². The van der Waals surface area contributed by atoms with Crippen molar-refractivity contribution in [1.82, 2.24) is 9.47 Å². The van der Waals surface area contributed by atoms with E-state index in [1.54, 1.807) is 0 Å². The molecule has 0 fully saturated rings. The molecular weight excluding hydrogens is 434 g/mol. The van der Waals surface area contributed by atoms with Crippen molar-refractivity contribution in [3.8, 4) is 16.9 Å². The minimum Gasteiger partial charge on any atom is -0.408 e. The molecule has 0 bridgehead atoms. The molecule has 0 atom stereocenters. The molecule has 0 spiro atoms. The highest BCUT2D eigenvalue weighted by Gasteiger charge is 2.32. The van der Waals surface area contributed by atoms with Gasteiger partial charge in [0.1, 0.15) is 18.8 Å². The predicted molar refractivity (Wildman–Crippen MR) is 96.3 cm³/mol. The first-order valence-electron chi connectivity index (χ1n) is 8.63. The Morgan fingerprint density at radius 2 is 1.65 bits per heavy atom. The van der Waals surface area contributed by atoms with Gasteiger partial charge >= 0.3 is 18.3 Å². The molecule has 0 aliphatic rings. The maximum absolute atomic E-state index is 12.5. The second-order valence-corrected chi connectivity index (χ2v) is 6.57. The first kappa shape index (κ1) is 22.2. The molecule has 0 radical (unpaired) electrons. The molecular formula is C19H14F6N2O4. The number of rotatable bonds is 5. The van der Waals surface area contributed by atoms with E-state index in [1.807, 2.05) is 0 Å². The van der Waals surface area contributed by atoms with Crippen molar-refractivity contribution in [3.05, 3.63) is 53.0 Å². The number of aromatic nitrogens is 1. The van der Waals surface area contributed by atoms with Crippen LogP contribution in [0.15, 0.2) is 51.7 Å². The van der Waals surface area contributed by atoms with Crippen LogP contribution in [0.3, 0.4) is 0 Å². The number of ether oxygens (including phenoxy) is 1. The van der Waals surface area contributed by atoms with E-state index in [0.29, 0.717) is 16.0 Å². The van der Waals surface area contributed by atoms with E-state index in [9.17, 15) is 35.9 Å². The van der Waals surface area contributed by atoms with E-state index in [2.05, 4.69) is 4.74 Å². The van der Waals surface area contributed by atoms with E-state index in [-0.39, 0.29) is 11.1 Å². The zero-order valence-corrected chi connectivity index (χ0v) is 15.8. The van der Waals surface area contributed by atoms with Crippen LogP contribution in [0.2, 0.25) is 0 Å². The van der Waals surface area contributed by atoms with Crippen LogP contribution in [0.25, 0.3) is 22.2 Å². The minimum atomic E-state index is -4.83. The molecule has 0 unspecified atom stereocenters. The molecule has 0 saturated heterocycles. The van der Waals surface area contributed by atoms with E-state index in [4.69, 9.17) is 4.42 Å². The lowest BCUT2D eigenvalue weighted by Crippen LogP contribution is -2.38. The van der Waals surface area contributed by atoms with Gasteiger partial charge in [-0.3, -0.25) is 9.36 Å². The molecule has 0 aliphatic heterocycles. The minimum absolute atomic E-state index is 0.0945. The number of likely N-dealkylation sites (N-methyl/N-ethyl adjacent to an activating group) is 1. The van der Waals surface area contributed by atoms with Gasteiger partial charge in [0.2, 0.25) is 5.91 Å². The molecule has 3 rings (SSSR count). The number of hydrogen-bond acceptors (Lipinski definition) is 4. The quantitative estimate of drug-likeness (QED) is 0.550. The van der Waals surface area contributed by atoms with Gasteiger partial charge in [-0.05, 0) is 35.4 Å². The molecule has 166 valence electrons. The van der Waals surface area contributed by atoms with Crippen LogP contribution in [0.5, 0.6) is 5.75 Å². The van der Waals surface area contributed by atoms with Crippen molar-refractivity contribution in [2.24, 2.45) is 0 Å². The van der Waals surface area contributed by atoms with Crippen molar-refractivity contribution in [1.29, 1.82) is 0 Å². The number of halogens is 6. The van der Waals surface area contributed by atoms with Gasteiger partial charge < -0.3 is 14.1 Å². The SMILES string of the molecule is CN(CC(F)(F)F)C(=O)Cn1c(=O)oc2ccc(-c3ccc(OC(F)(F)F)cc3)cc21. The Balaban J connectivity index is 1.89. The molecule has 0 saturated carbocycles. The summed E-state index contributed by atoms with van der Waals surface area (Å²) in [4.78, 5) is 24.6. The summed E-state index contributed by atoms with van der Waals surface area (Å²) in [6.45, 7) is -2.16. The van der Waals surface area contributed by atoms with Gasteiger partial charge in [0.05, 0.1) is 5.52 Å².